The average molecular weight is 269 g/mol. The molecular formula is C12H9F2NO2S. The smallest absolute Gasteiger partial charge is 0.346 e. The van der Waals surface area contributed by atoms with E-state index in [1.165, 1.54) is 6.07 Å². The molecule has 0 saturated heterocycles. The van der Waals surface area contributed by atoms with Crippen molar-refractivity contribution in [1.29, 1.82) is 0 Å². The van der Waals surface area contributed by atoms with Crippen LogP contribution in [0.25, 0.3) is 0 Å². The van der Waals surface area contributed by atoms with Crippen molar-refractivity contribution in [3.05, 3.63) is 51.7 Å². The van der Waals surface area contributed by atoms with E-state index in [9.17, 15) is 13.6 Å². The van der Waals surface area contributed by atoms with Gasteiger partial charge in [-0.15, -0.1) is 11.3 Å². The summed E-state index contributed by atoms with van der Waals surface area (Å²) in [5.41, 5.74) is 1.01. The van der Waals surface area contributed by atoms with Gasteiger partial charge < -0.3 is 10.4 Å². The van der Waals surface area contributed by atoms with Crippen LogP contribution in [0.4, 0.5) is 14.5 Å². The van der Waals surface area contributed by atoms with Gasteiger partial charge >= 0.3 is 5.97 Å². The fraction of sp³-hybridized carbons (Fsp3) is 0.0833. The van der Waals surface area contributed by atoms with Gasteiger partial charge in [-0.05, 0) is 29.1 Å². The monoisotopic (exact) mass is 269 g/mol. The Kier molecular flexibility index (Phi) is 3.57. The third-order valence-electron chi connectivity index (χ3n) is 2.34. The van der Waals surface area contributed by atoms with Crippen LogP contribution in [0.1, 0.15) is 15.2 Å². The minimum absolute atomic E-state index is 0.241. The fourth-order valence-corrected chi connectivity index (χ4v) is 2.23. The normalized spacial score (nSPS) is 10.3. The summed E-state index contributed by atoms with van der Waals surface area (Å²) in [4.78, 5) is 11.1. The quantitative estimate of drug-likeness (QED) is 0.895. The van der Waals surface area contributed by atoms with Crippen molar-refractivity contribution < 1.29 is 18.7 Å². The van der Waals surface area contributed by atoms with Gasteiger partial charge in [-0.2, -0.15) is 0 Å². The SMILES string of the molecule is O=C(O)c1sccc1CNc1ccc(F)c(F)c1. The molecule has 2 rings (SSSR count). The molecule has 0 atom stereocenters. The largest absolute Gasteiger partial charge is 0.477 e. The second-order valence-corrected chi connectivity index (χ2v) is 4.48. The molecule has 1 heterocycles. The van der Waals surface area contributed by atoms with Gasteiger partial charge in [0.25, 0.3) is 0 Å². The summed E-state index contributed by atoms with van der Waals surface area (Å²) < 4.78 is 25.6. The molecule has 0 radical (unpaired) electrons. The number of halogens is 2. The number of anilines is 1. The summed E-state index contributed by atoms with van der Waals surface area (Å²) in [5.74, 6) is -2.85. The van der Waals surface area contributed by atoms with Crippen LogP contribution in [0.3, 0.4) is 0 Å². The highest BCUT2D eigenvalue weighted by Crippen LogP contribution is 2.19. The van der Waals surface area contributed by atoms with E-state index in [-0.39, 0.29) is 11.4 Å². The van der Waals surface area contributed by atoms with E-state index in [1.807, 2.05) is 0 Å². The highest BCUT2D eigenvalue weighted by molar-refractivity contribution is 7.12. The summed E-state index contributed by atoms with van der Waals surface area (Å²) in [7, 11) is 0. The van der Waals surface area contributed by atoms with E-state index < -0.39 is 17.6 Å². The first-order valence-corrected chi connectivity index (χ1v) is 5.94. The molecule has 2 aromatic rings. The van der Waals surface area contributed by atoms with Crippen molar-refractivity contribution >= 4 is 23.0 Å². The maximum absolute atomic E-state index is 12.9. The molecule has 3 nitrogen and oxygen atoms in total. The summed E-state index contributed by atoms with van der Waals surface area (Å²) in [6.07, 6.45) is 0. The Balaban J connectivity index is 2.09. The Hall–Kier alpha value is -1.95. The van der Waals surface area contributed by atoms with Gasteiger partial charge in [-0.1, -0.05) is 0 Å². The van der Waals surface area contributed by atoms with Crippen LogP contribution in [0.15, 0.2) is 29.6 Å². The molecule has 6 heteroatoms. The van der Waals surface area contributed by atoms with Crippen LogP contribution in [0, 0.1) is 11.6 Å². The van der Waals surface area contributed by atoms with Crippen LogP contribution in [-0.2, 0) is 6.54 Å². The highest BCUT2D eigenvalue weighted by Gasteiger charge is 2.11. The third-order valence-corrected chi connectivity index (χ3v) is 3.29. The number of rotatable bonds is 4. The molecule has 0 bridgehead atoms. The fourth-order valence-electron chi connectivity index (χ4n) is 1.47. The second-order valence-electron chi connectivity index (χ2n) is 3.56. The summed E-state index contributed by atoms with van der Waals surface area (Å²) in [6.45, 7) is 0.246. The topological polar surface area (TPSA) is 49.3 Å². The molecule has 0 spiro atoms. The summed E-state index contributed by atoms with van der Waals surface area (Å²) in [6, 6.07) is 5.12. The Morgan fingerprint density at radius 2 is 2.06 bits per heavy atom. The molecule has 0 unspecified atom stereocenters. The van der Waals surface area contributed by atoms with Gasteiger partial charge in [-0.25, -0.2) is 13.6 Å². The van der Waals surface area contributed by atoms with E-state index in [1.54, 1.807) is 11.4 Å². The molecule has 1 aromatic heterocycles. The lowest BCUT2D eigenvalue weighted by Crippen LogP contribution is -2.04. The summed E-state index contributed by atoms with van der Waals surface area (Å²) >= 11 is 1.12. The number of carboxylic acid groups (broad SMARTS) is 1. The maximum atomic E-state index is 12.9. The van der Waals surface area contributed by atoms with Crippen molar-refractivity contribution in [2.24, 2.45) is 0 Å². The van der Waals surface area contributed by atoms with Crippen LogP contribution in [0.2, 0.25) is 0 Å². The van der Waals surface area contributed by atoms with Gasteiger partial charge in [0.05, 0.1) is 0 Å². The third kappa shape index (κ3) is 2.65. The van der Waals surface area contributed by atoms with Gasteiger partial charge in [-0.3, -0.25) is 0 Å². The van der Waals surface area contributed by atoms with Crippen molar-refractivity contribution in [3.8, 4) is 0 Å². The van der Waals surface area contributed by atoms with Crippen molar-refractivity contribution in [2.45, 2.75) is 6.54 Å². The van der Waals surface area contributed by atoms with Crippen LogP contribution in [-0.4, -0.2) is 11.1 Å². The summed E-state index contributed by atoms with van der Waals surface area (Å²) in [5, 5.41) is 13.4. The first kappa shape index (κ1) is 12.5. The first-order chi connectivity index (χ1) is 8.58. The van der Waals surface area contributed by atoms with E-state index in [0.29, 0.717) is 11.3 Å². The number of nitrogens with one attached hydrogen (secondary N) is 1. The zero-order chi connectivity index (χ0) is 13.1. The molecule has 2 N–H and O–H groups in total. The Morgan fingerprint density at radius 3 is 2.72 bits per heavy atom. The molecule has 0 aliphatic rings. The molecule has 0 saturated carbocycles. The number of aromatic carboxylic acids is 1. The van der Waals surface area contributed by atoms with Gasteiger partial charge in [0, 0.05) is 18.3 Å². The standard InChI is InChI=1S/C12H9F2NO2S/c13-9-2-1-8(5-10(9)14)15-6-7-3-4-18-11(7)12(16)17/h1-5,15H,6H2,(H,16,17). The first-order valence-electron chi connectivity index (χ1n) is 5.06. The average Bonchev–Trinajstić information content (AvgIpc) is 2.79. The molecule has 1 aromatic carbocycles. The lowest BCUT2D eigenvalue weighted by atomic mass is 10.2. The van der Waals surface area contributed by atoms with Gasteiger partial charge in [0.1, 0.15) is 4.88 Å². The molecule has 0 aliphatic heterocycles. The Morgan fingerprint density at radius 1 is 1.28 bits per heavy atom. The van der Waals surface area contributed by atoms with E-state index in [0.717, 1.165) is 23.5 Å². The molecule has 94 valence electrons. The van der Waals surface area contributed by atoms with Crippen molar-refractivity contribution in [3.63, 3.8) is 0 Å². The maximum Gasteiger partial charge on any atom is 0.346 e. The van der Waals surface area contributed by atoms with Crippen LogP contribution < -0.4 is 5.32 Å². The van der Waals surface area contributed by atoms with Crippen LogP contribution >= 0.6 is 11.3 Å². The van der Waals surface area contributed by atoms with E-state index in [2.05, 4.69) is 5.32 Å². The van der Waals surface area contributed by atoms with Gasteiger partial charge in [0.15, 0.2) is 11.6 Å². The number of thiophene rings is 1. The number of hydrogen-bond acceptors (Lipinski definition) is 3. The molecule has 18 heavy (non-hydrogen) atoms. The lowest BCUT2D eigenvalue weighted by molar-refractivity contribution is 0.0701. The molecule has 0 fully saturated rings. The predicted molar refractivity (Wildman–Crippen MR) is 65.0 cm³/mol. The van der Waals surface area contributed by atoms with E-state index >= 15 is 0 Å². The Bertz CT molecular complexity index is 583. The van der Waals surface area contributed by atoms with E-state index in [4.69, 9.17) is 5.11 Å². The van der Waals surface area contributed by atoms with Crippen LogP contribution in [0.5, 0.6) is 0 Å². The predicted octanol–water partition coefficient (Wildman–Crippen LogP) is 3.34. The molecular weight excluding hydrogens is 260 g/mol. The minimum Gasteiger partial charge on any atom is -0.477 e. The molecule has 0 aliphatic carbocycles. The number of benzene rings is 1. The highest BCUT2D eigenvalue weighted by atomic mass is 32.1. The second kappa shape index (κ2) is 5.14. The van der Waals surface area contributed by atoms with Gasteiger partial charge in [0.2, 0.25) is 0 Å². The lowest BCUT2D eigenvalue weighted by Gasteiger charge is -2.06. The Labute approximate surface area is 106 Å². The van der Waals surface area contributed by atoms with Crippen molar-refractivity contribution in [2.75, 3.05) is 5.32 Å². The zero-order valence-corrected chi connectivity index (χ0v) is 9.93. The zero-order valence-electron chi connectivity index (χ0n) is 9.11. The number of hydrogen-bond donors (Lipinski definition) is 2. The van der Waals surface area contributed by atoms with Crippen molar-refractivity contribution in [1.82, 2.24) is 0 Å². The minimum atomic E-state index is -0.993. The number of carbonyl (C=O) groups is 1. The molecule has 0 amide bonds. The number of carboxylic acids is 1.